The van der Waals surface area contributed by atoms with E-state index in [0.717, 1.165) is 12.8 Å². The molecule has 0 aromatic rings. The molecule has 4 heteroatoms. The van der Waals surface area contributed by atoms with Crippen molar-refractivity contribution in [3.63, 3.8) is 0 Å². The second-order valence-electron chi connectivity index (χ2n) is 3.12. The number of carbonyl (C=O) groups is 2. The monoisotopic (exact) mass is 234 g/mol. The van der Waals surface area contributed by atoms with Crippen molar-refractivity contribution in [2.45, 2.75) is 19.3 Å². The molecular weight excluding hydrogens is 224 g/mol. The summed E-state index contributed by atoms with van der Waals surface area (Å²) in [6, 6.07) is 0. The van der Waals surface area contributed by atoms with Crippen molar-refractivity contribution >= 4 is 27.7 Å². The van der Waals surface area contributed by atoms with Gasteiger partial charge in [-0.3, -0.25) is 9.59 Å². The van der Waals surface area contributed by atoms with E-state index in [0.29, 0.717) is 11.8 Å². The first-order valence-corrected chi connectivity index (χ1v) is 4.93. The predicted octanol–water partition coefficient (Wildman–Crippen LogP) is 1.29. The average molecular weight is 235 g/mol. The number of carbonyl (C=O) groups excluding carboxylic acids is 2. The van der Waals surface area contributed by atoms with Crippen molar-refractivity contribution in [3.8, 4) is 0 Å². The van der Waals surface area contributed by atoms with Gasteiger partial charge in [0, 0.05) is 6.42 Å². The smallest absolute Gasteiger partial charge is 0.312 e. The molecule has 0 atom stereocenters. The van der Waals surface area contributed by atoms with Gasteiger partial charge in [-0.25, -0.2) is 0 Å². The van der Waals surface area contributed by atoms with Crippen LogP contribution >= 0.6 is 15.9 Å². The fraction of sp³-hybridized carbons (Fsp3) is 0.750. The molecule has 1 fully saturated rings. The first-order chi connectivity index (χ1) is 5.64. The number of esters is 1. The summed E-state index contributed by atoms with van der Waals surface area (Å²) in [6.45, 7) is 0. The number of ketones is 1. The van der Waals surface area contributed by atoms with Gasteiger partial charge in [0.2, 0.25) is 0 Å². The molecule has 0 saturated heterocycles. The molecule has 68 valence electrons. The Balaban J connectivity index is 2.50. The van der Waals surface area contributed by atoms with Gasteiger partial charge in [0.1, 0.15) is 5.78 Å². The van der Waals surface area contributed by atoms with Crippen LogP contribution in [-0.2, 0) is 14.3 Å². The second kappa shape index (κ2) is 3.56. The lowest BCUT2D eigenvalue weighted by molar-refractivity contribution is -0.148. The fourth-order valence-electron chi connectivity index (χ4n) is 1.25. The maximum absolute atomic E-state index is 11.2. The van der Waals surface area contributed by atoms with E-state index in [-0.39, 0.29) is 11.8 Å². The Bertz CT molecular complexity index is 208. The summed E-state index contributed by atoms with van der Waals surface area (Å²) in [4.78, 5) is 22.2. The second-order valence-corrected chi connectivity index (χ2v) is 3.68. The summed E-state index contributed by atoms with van der Waals surface area (Å²) in [5.74, 6) is -0.172. The van der Waals surface area contributed by atoms with E-state index in [2.05, 4.69) is 20.7 Å². The standard InChI is InChI=1S/C8H11BrO3/c1-12-7(11)8(2-3-8)4-6(10)5-9/h2-5H2,1H3. The normalized spacial score (nSPS) is 18.5. The van der Waals surface area contributed by atoms with Crippen LogP contribution in [0.3, 0.4) is 0 Å². The van der Waals surface area contributed by atoms with Crippen LogP contribution < -0.4 is 0 Å². The third kappa shape index (κ3) is 1.86. The van der Waals surface area contributed by atoms with E-state index >= 15 is 0 Å². The molecule has 0 aromatic carbocycles. The quantitative estimate of drug-likeness (QED) is 0.544. The van der Waals surface area contributed by atoms with E-state index in [1.54, 1.807) is 0 Å². The molecule has 3 nitrogen and oxygen atoms in total. The molecule has 0 radical (unpaired) electrons. The van der Waals surface area contributed by atoms with Crippen molar-refractivity contribution < 1.29 is 14.3 Å². The Morgan fingerprint density at radius 1 is 1.50 bits per heavy atom. The van der Waals surface area contributed by atoms with E-state index in [4.69, 9.17) is 0 Å². The minimum atomic E-state index is -0.459. The molecule has 12 heavy (non-hydrogen) atoms. The number of alkyl halides is 1. The third-order valence-electron chi connectivity index (χ3n) is 2.16. The molecular formula is C8H11BrO3. The molecule has 0 aromatic heterocycles. The van der Waals surface area contributed by atoms with Gasteiger partial charge < -0.3 is 4.74 Å². The number of halogens is 1. The Morgan fingerprint density at radius 3 is 2.42 bits per heavy atom. The first-order valence-electron chi connectivity index (χ1n) is 3.81. The van der Waals surface area contributed by atoms with Gasteiger partial charge in [-0.15, -0.1) is 0 Å². The molecule has 0 unspecified atom stereocenters. The zero-order valence-electron chi connectivity index (χ0n) is 6.93. The van der Waals surface area contributed by atoms with Gasteiger partial charge in [0.15, 0.2) is 0 Å². The first kappa shape index (κ1) is 9.71. The van der Waals surface area contributed by atoms with Gasteiger partial charge >= 0.3 is 5.97 Å². The van der Waals surface area contributed by atoms with E-state index in [9.17, 15) is 9.59 Å². The highest BCUT2D eigenvalue weighted by Crippen LogP contribution is 2.49. The largest absolute Gasteiger partial charge is 0.469 e. The summed E-state index contributed by atoms with van der Waals surface area (Å²) in [6.07, 6.45) is 1.90. The minimum absolute atomic E-state index is 0.0675. The van der Waals surface area contributed by atoms with Crippen molar-refractivity contribution in [1.29, 1.82) is 0 Å². The Hall–Kier alpha value is -0.380. The van der Waals surface area contributed by atoms with Crippen molar-refractivity contribution in [3.05, 3.63) is 0 Å². The predicted molar refractivity (Wildman–Crippen MR) is 47.1 cm³/mol. The SMILES string of the molecule is COC(=O)C1(CC(=O)CBr)CC1. The van der Waals surface area contributed by atoms with Crippen LogP contribution in [-0.4, -0.2) is 24.2 Å². The number of hydrogen-bond acceptors (Lipinski definition) is 3. The number of hydrogen-bond donors (Lipinski definition) is 0. The Kier molecular flexibility index (Phi) is 2.88. The summed E-state index contributed by atoms with van der Waals surface area (Å²) in [5.41, 5.74) is -0.459. The zero-order chi connectivity index (χ0) is 9.19. The van der Waals surface area contributed by atoms with Gasteiger partial charge in [-0.2, -0.15) is 0 Å². The molecule has 1 saturated carbocycles. The van der Waals surface area contributed by atoms with Gasteiger partial charge in [0.05, 0.1) is 17.9 Å². The lowest BCUT2D eigenvalue weighted by Gasteiger charge is -2.09. The minimum Gasteiger partial charge on any atom is -0.469 e. The van der Waals surface area contributed by atoms with Crippen LogP contribution in [0.2, 0.25) is 0 Å². The lowest BCUT2D eigenvalue weighted by Crippen LogP contribution is -2.21. The summed E-state index contributed by atoms with van der Waals surface area (Å²) >= 11 is 3.06. The summed E-state index contributed by atoms with van der Waals surface area (Å²) in [7, 11) is 1.36. The summed E-state index contributed by atoms with van der Waals surface area (Å²) in [5, 5.41) is 0.325. The Labute approximate surface area is 79.6 Å². The molecule has 0 amide bonds. The average Bonchev–Trinajstić information content (AvgIpc) is 2.84. The molecule has 1 aliphatic carbocycles. The van der Waals surface area contributed by atoms with Crippen LogP contribution in [0.1, 0.15) is 19.3 Å². The van der Waals surface area contributed by atoms with Crippen LogP contribution in [0.5, 0.6) is 0 Å². The number of ether oxygens (including phenoxy) is 1. The van der Waals surface area contributed by atoms with Crippen molar-refractivity contribution in [2.75, 3.05) is 12.4 Å². The van der Waals surface area contributed by atoms with Gasteiger partial charge in [-0.05, 0) is 12.8 Å². The topological polar surface area (TPSA) is 43.4 Å². The van der Waals surface area contributed by atoms with Crippen LogP contribution in [0.4, 0.5) is 0 Å². The van der Waals surface area contributed by atoms with Crippen LogP contribution in [0.15, 0.2) is 0 Å². The highest BCUT2D eigenvalue weighted by atomic mass is 79.9. The number of Topliss-reactive ketones (excluding diaryl/α,β-unsaturated/α-hetero) is 1. The maximum atomic E-state index is 11.2. The Morgan fingerprint density at radius 2 is 2.08 bits per heavy atom. The highest BCUT2D eigenvalue weighted by Gasteiger charge is 2.51. The molecule has 1 rings (SSSR count). The van der Waals surface area contributed by atoms with E-state index < -0.39 is 5.41 Å². The van der Waals surface area contributed by atoms with Crippen LogP contribution in [0, 0.1) is 5.41 Å². The number of methoxy groups -OCH3 is 1. The molecule has 0 aliphatic heterocycles. The van der Waals surface area contributed by atoms with Crippen molar-refractivity contribution in [1.82, 2.24) is 0 Å². The number of rotatable bonds is 4. The molecule has 0 N–H and O–H groups in total. The zero-order valence-corrected chi connectivity index (χ0v) is 8.52. The molecule has 0 heterocycles. The van der Waals surface area contributed by atoms with E-state index in [1.165, 1.54) is 7.11 Å². The van der Waals surface area contributed by atoms with Crippen molar-refractivity contribution in [2.24, 2.45) is 5.41 Å². The fourth-order valence-corrected chi connectivity index (χ4v) is 1.44. The van der Waals surface area contributed by atoms with E-state index in [1.807, 2.05) is 0 Å². The third-order valence-corrected chi connectivity index (χ3v) is 2.78. The lowest BCUT2D eigenvalue weighted by atomic mass is 10.0. The highest BCUT2D eigenvalue weighted by molar-refractivity contribution is 9.09. The molecule has 0 bridgehead atoms. The molecule has 1 aliphatic rings. The van der Waals surface area contributed by atoms with Crippen LogP contribution in [0.25, 0.3) is 0 Å². The van der Waals surface area contributed by atoms with Gasteiger partial charge in [-0.1, -0.05) is 15.9 Å². The summed E-state index contributed by atoms with van der Waals surface area (Å²) < 4.78 is 4.62. The van der Waals surface area contributed by atoms with Gasteiger partial charge in [0.25, 0.3) is 0 Å². The molecule has 0 spiro atoms. The maximum Gasteiger partial charge on any atom is 0.312 e.